The van der Waals surface area contributed by atoms with E-state index in [4.69, 9.17) is 21.1 Å². The first kappa shape index (κ1) is 21.1. The summed E-state index contributed by atoms with van der Waals surface area (Å²) in [5, 5.41) is 0.372. The highest BCUT2D eigenvalue weighted by Crippen LogP contribution is 2.27. The smallest absolute Gasteiger partial charge is 0.279 e. The van der Waals surface area contributed by atoms with Gasteiger partial charge in [0, 0.05) is 4.47 Å². The lowest BCUT2D eigenvalue weighted by Crippen LogP contribution is -2.48. The minimum absolute atomic E-state index is 0.298. The van der Waals surface area contributed by atoms with Crippen LogP contribution in [0.4, 0.5) is 0 Å². The Kier molecular flexibility index (Phi) is 7.50. The monoisotopic (exact) mass is 454 g/mol. The minimum atomic E-state index is -0.783. The number of carbonyl (C=O) groups excluding carboxylic acids is 2. The first-order valence-electron chi connectivity index (χ1n) is 8.16. The normalized spacial score (nSPS) is 11.4. The summed E-state index contributed by atoms with van der Waals surface area (Å²) in [6.45, 7) is 5.25. The molecule has 0 aliphatic carbocycles. The molecule has 6 nitrogen and oxygen atoms in total. The Hall–Kier alpha value is -2.25. The second-order valence-electron chi connectivity index (χ2n) is 5.91. The molecule has 0 radical (unpaired) electrons. The highest BCUT2D eigenvalue weighted by atomic mass is 79.9. The standard InChI is InChI=1S/C19H20BrClN2O4/c1-11-4-6-15(8-12(11)2)27-13(3)19(25)23-22-18(24)10-26-17-7-5-14(20)9-16(17)21/h4-9,13H,10H2,1-3H3,(H,22,24)(H,23,25). The molecule has 2 aromatic carbocycles. The molecular weight excluding hydrogens is 436 g/mol. The van der Waals surface area contributed by atoms with Crippen LogP contribution in [-0.2, 0) is 9.59 Å². The molecule has 27 heavy (non-hydrogen) atoms. The van der Waals surface area contributed by atoms with Crippen molar-refractivity contribution >= 4 is 39.3 Å². The first-order chi connectivity index (χ1) is 12.8. The number of aryl methyl sites for hydroxylation is 2. The Bertz CT molecular complexity index is 844. The van der Waals surface area contributed by atoms with Gasteiger partial charge in [-0.05, 0) is 62.2 Å². The van der Waals surface area contributed by atoms with Crippen LogP contribution in [0.1, 0.15) is 18.1 Å². The van der Waals surface area contributed by atoms with Crippen molar-refractivity contribution in [3.63, 3.8) is 0 Å². The molecular formula is C19H20BrClN2O4. The van der Waals surface area contributed by atoms with Gasteiger partial charge >= 0.3 is 0 Å². The zero-order valence-electron chi connectivity index (χ0n) is 15.1. The molecule has 2 aromatic rings. The molecule has 8 heteroatoms. The number of hydrazine groups is 1. The summed E-state index contributed by atoms with van der Waals surface area (Å²) >= 11 is 9.29. The van der Waals surface area contributed by atoms with E-state index in [9.17, 15) is 9.59 Å². The average molecular weight is 456 g/mol. The fourth-order valence-corrected chi connectivity index (χ4v) is 2.78. The molecule has 0 fully saturated rings. The molecule has 2 rings (SSSR count). The molecule has 0 aliphatic rings. The highest BCUT2D eigenvalue weighted by molar-refractivity contribution is 9.10. The van der Waals surface area contributed by atoms with Crippen LogP contribution in [0.3, 0.4) is 0 Å². The van der Waals surface area contributed by atoms with E-state index in [0.717, 1.165) is 15.6 Å². The van der Waals surface area contributed by atoms with E-state index in [2.05, 4.69) is 26.8 Å². The number of rotatable bonds is 6. The van der Waals surface area contributed by atoms with Crippen molar-refractivity contribution in [3.8, 4) is 11.5 Å². The number of amides is 2. The molecule has 2 amide bonds. The van der Waals surface area contributed by atoms with E-state index in [-0.39, 0.29) is 6.61 Å². The fourth-order valence-electron chi connectivity index (χ4n) is 2.05. The zero-order chi connectivity index (χ0) is 20.0. The van der Waals surface area contributed by atoms with Crippen LogP contribution in [0.2, 0.25) is 5.02 Å². The first-order valence-corrected chi connectivity index (χ1v) is 9.34. The average Bonchev–Trinajstić information content (AvgIpc) is 2.62. The summed E-state index contributed by atoms with van der Waals surface area (Å²) in [6.07, 6.45) is -0.783. The van der Waals surface area contributed by atoms with Crippen LogP contribution in [0, 0.1) is 13.8 Å². The van der Waals surface area contributed by atoms with E-state index in [0.29, 0.717) is 16.5 Å². The van der Waals surface area contributed by atoms with Gasteiger partial charge < -0.3 is 9.47 Å². The van der Waals surface area contributed by atoms with E-state index < -0.39 is 17.9 Å². The molecule has 1 atom stereocenters. The van der Waals surface area contributed by atoms with Crippen molar-refractivity contribution in [2.45, 2.75) is 26.9 Å². The number of benzene rings is 2. The topological polar surface area (TPSA) is 76.7 Å². The summed E-state index contributed by atoms with van der Waals surface area (Å²) in [6, 6.07) is 10.6. The number of hydrogen-bond acceptors (Lipinski definition) is 4. The predicted molar refractivity (Wildman–Crippen MR) is 107 cm³/mol. The lowest BCUT2D eigenvalue weighted by Gasteiger charge is -2.16. The molecule has 0 spiro atoms. The second-order valence-corrected chi connectivity index (χ2v) is 7.23. The van der Waals surface area contributed by atoms with Crippen LogP contribution >= 0.6 is 27.5 Å². The van der Waals surface area contributed by atoms with Crippen molar-refractivity contribution in [1.82, 2.24) is 10.9 Å². The Labute approximate surface area is 171 Å². The predicted octanol–water partition coefficient (Wildman–Crippen LogP) is 3.71. The van der Waals surface area contributed by atoms with Gasteiger partial charge in [-0.1, -0.05) is 33.6 Å². The van der Waals surface area contributed by atoms with Gasteiger partial charge in [0.2, 0.25) is 0 Å². The summed E-state index contributed by atoms with van der Waals surface area (Å²) < 4.78 is 11.7. The highest BCUT2D eigenvalue weighted by Gasteiger charge is 2.16. The molecule has 0 aliphatic heterocycles. The quantitative estimate of drug-likeness (QED) is 0.651. The van der Waals surface area contributed by atoms with Crippen molar-refractivity contribution < 1.29 is 19.1 Å². The van der Waals surface area contributed by atoms with Crippen LogP contribution in [0.25, 0.3) is 0 Å². The summed E-state index contributed by atoms with van der Waals surface area (Å²) in [7, 11) is 0. The van der Waals surface area contributed by atoms with Crippen molar-refractivity contribution in [2.75, 3.05) is 6.61 Å². The van der Waals surface area contributed by atoms with E-state index >= 15 is 0 Å². The Morgan fingerprint density at radius 1 is 1.11 bits per heavy atom. The molecule has 1 unspecified atom stereocenters. The molecule has 0 saturated heterocycles. The van der Waals surface area contributed by atoms with Crippen molar-refractivity contribution in [3.05, 3.63) is 57.0 Å². The number of halogens is 2. The van der Waals surface area contributed by atoms with E-state index in [1.165, 1.54) is 0 Å². The maximum Gasteiger partial charge on any atom is 0.279 e. The van der Waals surface area contributed by atoms with Gasteiger partial charge in [0.25, 0.3) is 11.8 Å². The maximum atomic E-state index is 12.1. The zero-order valence-corrected chi connectivity index (χ0v) is 17.5. The van der Waals surface area contributed by atoms with Gasteiger partial charge in [-0.2, -0.15) is 0 Å². The van der Waals surface area contributed by atoms with Crippen LogP contribution in [0.15, 0.2) is 40.9 Å². The number of ether oxygens (including phenoxy) is 2. The van der Waals surface area contributed by atoms with Gasteiger partial charge in [0.1, 0.15) is 11.5 Å². The van der Waals surface area contributed by atoms with E-state index in [1.54, 1.807) is 31.2 Å². The molecule has 0 saturated carbocycles. The summed E-state index contributed by atoms with van der Waals surface area (Å²) in [5.41, 5.74) is 6.78. The maximum absolute atomic E-state index is 12.1. The SMILES string of the molecule is Cc1ccc(OC(C)C(=O)NNC(=O)COc2ccc(Br)cc2Cl)cc1C. The molecule has 2 N–H and O–H groups in total. The molecule has 0 heterocycles. The van der Waals surface area contributed by atoms with Gasteiger partial charge in [0.05, 0.1) is 5.02 Å². The van der Waals surface area contributed by atoms with Gasteiger partial charge in [-0.3, -0.25) is 20.4 Å². The van der Waals surface area contributed by atoms with Gasteiger partial charge in [0.15, 0.2) is 12.7 Å². The third-order valence-electron chi connectivity index (χ3n) is 3.74. The van der Waals surface area contributed by atoms with Gasteiger partial charge in [-0.15, -0.1) is 0 Å². The number of nitrogens with one attached hydrogen (secondary N) is 2. The number of carbonyl (C=O) groups is 2. The molecule has 0 aromatic heterocycles. The third-order valence-corrected chi connectivity index (χ3v) is 4.53. The largest absolute Gasteiger partial charge is 0.482 e. The van der Waals surface area contributed by atoms with E-state index in [1.807, 2.05) is 26.0 Å². The molecule has 144 valence electrons. The van der Waals surface area contributed by atoms with Crippen LogP contribution < -0.4 is 20.3 Å². The summed E-state index contributed by atoms with van der Waals surface area (Å²) in [5.74, 6) is -0.0583. The summed E-state index contributed by atoms with van der Waals surface area (Å²) in [4.78, 5) is 23.9. The lowest BCUT2D eigenvalue weighted by molar-refractivity contribution is -0.133. The van der Waals surface area contributed by atoms with Crippen LogP contribution in [-0.4, -0.2) is 24.5 Å². The Morgan fingerprint density at radius 2 is 1.85 bits per heavy atom. The lowest BCUT2D eigenvalue weighted by atomic mass is 10.1. The third kappa shape index (κ3) is 6.45. The van der Waals surface area contributed by atoms with Crippen LogP contribution in [0.5, 0.6) is 11.5 Å². The second kappa shape index (κ2) is 9.62. The Morgan fingerprint density at radius 3 is 2.52 bits per heavy atom. The van der Waals surface area contributed by atoms with Crippen molar-refractivity contribution in [2.24, 2.45) is 0 Å². The minimum Gasteiger partial charge on any atom is -0.482 e. The van der Waals surface area contributed by atoms with Gasteiger partial charge in [-0.25, -0.2) is 0 Å². The fraction of sp³-hybridized carbons (Fsp3) is 0.263. The number of hydrogen-bond donors (Lipinski definition) is 2. The van der Waals surface area contributed by atoms with Crippen molar-refractivity contribution in [1.29, 1.82) is 0 Å². The molecule has 0 bridgehead atoms. The Balaban J connectivity index is 1.78.